The fraction of sp³-hybridized carbons (Fsp3) is 0.381. The van der Waals surface area contributed by atoms with E-state index in [4.69, 9.17) is 0 Å². The highest BCUT2D eigenvalue weighted by Gasteiger charge is 2.31. The minimum Gasteiger partial charge on any atom is -0.348 e. The quantitative estimate of drug-likeness (QED) is 0.652. The van der Waals surface area contributed by atoms with Crippen LogP contribution in [0.25, 0.3) is 10.2 Å². The number of hydrogen-bond donors (Lipinski definition) is 1. The number of carbonyl (C=O) groups excluding carboxylic acids is 2. The highest BCUT2D eigenvalue weighted by atomic mass is 32.1. The van der Waals surface area contributed by atoms with Gasteiger partial charge in [0.2, 0.25) is 11.9 Å². The van der Waals surface area contributed by atoms with Crippen molar-refractivity contribution in [1.82, 2.24) is 24.8 Å². The molecule has 1 aliphatic rings. The monoisotopic (exact) mass is 442 g/mol. The van der Waals surface area contributed by atoms with Gasteiger partial charge in [-0.15, -0.1) is 11.3 Å². The number of rotatable bonds is 5. The molecule has 0 aliphatic carbocycles. The Morgan fingerprint density at radius 2 is 1.94 bits per heavy atom. The first kappa shape index (κ1) is 21.1. The molecule has 0 unspecified atom stereocenters. The smallest absolute Gasteiger partial charge is 0.275 e. The summed E-state index contributed by atoms with van der Waals surface area (Å²) in [6.45, 7) is 6.76. The lowest BCUT2D eigenvalue weighted by atomic mass is 10.1. The molecule has 4 heterocycles. The molecule has 31 heavy (non-hydrogen) atoms. The van der Waals surface area contributed by atoms with Crippen molar-refractivity contribution in [2.24, 2.45) is 5.92 Å². The number of thiophene rings is 1. The Morgan fingerprint density at radius 3 is 2.68 bits per heavy atom. The normalized spacial score (nSPS) is 15.0. The van der Waals surface area contributed by atoms with E-state index in [0.29, 0.717) is 34.6 Å². The molecule has 3 aromatic heterocycles. The Morgan fingerprint density at radius 1 is 1.16 bits per heavy atom. The summed E-state index contributed by atoms with van der Waals surface area (Å²) >= 11 is 1.40. The van der Waals surface area contributed by atoms with Gasteiger partial charge in [0.1, 0.15) is 5.82 Å². The molecule has 2 amide bonds. The van der Waals surface area contributed by atoms with Gasteiger partial charge in [-0.25, -0.2) is 14.4 Å². The lowest BCUT2D eigenvalue weighted by molar-refractivity contribution is -0.133. The summed E-state index contributed by atoms with van der Waals surface area (Å²) in [6, 6.07) is 2.91. The first-order valence-corrected chi connectivity index (χ1v) is 10.9. The molecule has 1 saturated heterocycles. The van der Waals surface area contributed by atoms with E-state index in [-0.39, 0.29) is 36.4 Å². The summed E-state index contributed by atoms with van der Waals surface area (Å²) in [5, 5.41) is 5.00. The molecule has 0 aromatic carbocycles. The summed E-state index contributed by atoms with van der Waals surface area (Å²) in [6.07, 6.45) is 2.71. The van der Waals surface area contributed by atoms with E-state index in [9.17, 15) is 14.0 Å². The first-order chi connectivity index (χ1) is 14.8. The van der Waals surface area contributed by atoms with E-state index in [1.807, 2.05) is 32.2 Å². The number of aromatic nitrogens is 3. The van der Waals surface area contributed by atoms with Crippen LogP contribution in [0, 0.1) is 11.7 Å². The van der Waals surface area contributed by atoms with Gasteiger partial charge >= 0.3 is 0 Å². The van der Waals surface area contributed by atoms with E-state index in [1.54, 1.807) is 16.0 Å². The van der Waals surface area contributed by atoms with Crippen LogP contribution in [0.15, 0.2) is 29.9 Å². The summed E-state index contributed by atoms with van der Waals surface area (Å²) in [5.41, 5.74) is 1.60. The summed E-state index contributed by atoms with van der Waals surface area (Å²) < 4.78 is 14.2. The number of nitrogens with one attached hydrogen (secondary N) is 1. The largest absolute Gasteiger partial charge is 0.348 e. The Kier molecular flexibility index (Phi) is 5.81. The number of anilines is 1. The maximum absolute atomic E-state index is 13.5. The van der Waals surface area contributed by atoms with Crippen LogP contribution in [0.1, 0.15) is 42.9 Å². The molecular weight excluding hydrogens is 419 g/mol. The second kappa shape index (κ2) is 8.54. The highest BCUT2D eigenvalue weighted by molar-refractivity contribution is 7.17. The molecular formula is C21H23FN6O2S. The molecule has 0 bridgehead atoms. The van der Waals surface area contributed by atoms with Gasteiger partial charge in [0.25, 0.3) is 5.91 Å². The maximum atomic E-state index is 13.5. The highest BCUT2D eigenvalue weighted by Crippen LogP contribution is 2.27. The van der Waals surface area contributed by atoms with Gasteiger partial charge in [-0.05, 0) is 30.0 Å². The van der Waals surface area contributed by atoms with Crippen LogP contribution < -0.4 is 5.32 Å². The summed E-state index contributed by atoms with van der Waals surface area (Å²) in [7, 11) is 0. The number of pyridine rings is 1. The topological polar surface area (TPSA) is 91.3 Å². The first-order valence-electron chi connectivity index (χ1n) is 10.0. The van der Waals surface area contributed by atoms with Crippen LogP contribution in [0.2, 0.25) is 0 Å². The second-order valence-corrected chi connectivity index (χ2v) is 8.72. The van der Waals surface area contributed by atoms with E-state index < -0.39 is 5.82 Å². The zero-order valence-electron chi connectivity index (χ0n) is 17.5. The zero-order chi connectivity index (χ0) is 22.1. The third-order valence-electron chi connectivity index (χ3n) is 5.15. The van der Waals surface area contributed by atoms with Crippen molar-refractivity contribution in [3.63, 3.8) is 0 Å². The summed E-state index contributed by atoms with van der Waals surface area (Å²) in [5.74, 6) is -0.477. The Bertz CT molecular complexity index is 1130. The molecule has 0 saturated carbocycles. The van der Waals surface area contributed by atoms with Crippen molar-refractivity contribution in [3.05, 3.63) is 47.0 Å². The molecule has 1 atom stereocenters. The third kappa shape index (κ3) is 4.34. The Labute approximate surface area is 183 Å². The van der Waals surface area contributed by atoms with Gasteiger partial charge in [-0.1, -0.05) is 13.8 Å². The molecule has 3 aromatic rings. The fourth-order valence-electron chi connectivity index (χ4n) is 3.46. The van der Waals surface area contributed by atoms with Gasteiger partial charge in [0.05, 0.1) is 29.1 Å². The van der Waals surface area contributed by atoms with Crippen LogP contribution in [-0.2, 0) is 4.79 Å². The molecule has 162 valence electrons. The number of amides is 2. The molecule has 4 rings (SSSR count). The minimum atomic E-state index is -0.425. The van der Waals surface area contributed by atoms with Crippen molar-refractivity contribution >= 4 is 39.3 Å². The second-order valence-electron chi connectivity index (χ2n) is 7.80. The fourth-order valence-corrected chi connectivity index (χ4v) is 4.28. The van der Waals surface area contributed by atoms with E-state index in [0.717, 1.165) is 6.20 Å². The minimum absolute atomic E-state index is 0.0270. The number of halogens is 1. The van der Waals surface area contributed by atoms with Crippen LogP contribution in [0.5, 0.6) is 0 Å². The van der Waals surface area contributed by atoms with E-state index in [1.165, 1.54) is 17.4 Å². The standard InChI is InChI=1S/C21H23FN6O2S/c1-12(2)19(29)27-5-6-28(11-27)20(30)17-18-16(4-7-31-18)25-21(26-17)24-13(3)14-8-15(22)10-23-9-14/h4,7-10,12-13H,5-6,11H2,1-3H3,(H,24,25,26)/t13-/m0/s1. The van der Waals surface area contributed by atoms with E-state index in [2.05, 4.69) is 20.3 Å². The Balaban J connectivity index is 1.59. The lowest BCUT2D eigenvalue weighted by Gasteiger charge is -2.20. The zero-order valence-corrected chi connectivity index (χ0v) is 18.3. The van der Waals surface area contributed by atoms with Crippen molar-refractivity contribution < 1.29 is 14.0 Å². The number of hydrogen-bond acceptors (Lipinski definition) is 7. The molecule has 10 heteroatoms. The number of carbonyl (C=O) groups is 2. The maximum Gasteiger partial charge on any atom is 0.275 e. The summed E-state index contributed by atoms with van der Waals surface area (Å²) in [4.78, 5) is 41.7. The van der Waals surface area contributed by atoms with Gasteiger partial charge in [0.15, 0.2) is 5.69 Å². The molecule has 1 aliphatic heterocycles. The van der Waals surface area contributed by atoms with Crippen LogP contribution in [-0.4, -0.2) is 56.3 Å². The van der Waals surface area contributed by atoms with Crippen molar-refractivity contribution in [1.29, 1.82) is 0 Å². The molecule has 8 nitrogen and oxygen atoms in total. The number of fused-ring (bicyclic) bond motifs is 1. The van der Waals surface area contributed by atoms with Gasteiger partial charge in [0, 0.05) is 25.2 Å². The Hall–Kier alpha value is -3.14. The van der Waals surface area contributed by atoms with Crippen LogP contribution in [0.4, 0.5) is 10.3 Å². The van der Waals surface area contributed by atoms with Gasteiger partial charge in [-0.3, -0.25) is 14.6 Å². The third-order valence-corrected chi connectivity index (χ3v) is 6.06. The number of nitrogens with zero attached hydrogens (tertiary/aromatic N) is 5. The molecule has 1 fully saturated rings. The molecule has 0 radical (unpaired) electrons. The average molecular weight is 443 g/mol. The predicted octanol–water partition coefficient (Wildman–Crippen LogP) is 3.30. The van der Waals surface area contributed by atoms with Crippen LogP contribution in [0.3, 0.4) is 0 Å². The van der Waals surface area contributed by atoms with Crippen molar-refractivity contribution in [2.75, 3.05) is 25.1 Å². The average Bonchev–Trinajstić information content (AvgIpc) is 3.41. The van der Waals surface area contributed by atoms with Gasteiger partial charge in [-0.2, -0.15) is 0 Å². The van der Waals surface area contributed by atoms with Crippen molar-refractivity contribution in [2.45, 2.75) is 26.8 Å². The molecule has 0 spiro atoms. The SMILES string of the molecule is CC(C)C(=O)N1CCN(C(=O)c2nc(N[C@@H](C)c3cncc(F)c3)nc3ccsc23)C1. The van der Waals surface area contributed by atoms with E-state index >= 15 is 0 Å². The lowest BCUT2D eigenvalue weighted by Crippen LogP contribution is -2.36. The van der Waals surface area contributed by atoms with Gasteiger partial charge < -0.3 is 15.1 Å². The van der Waals surface area contributed by atoms with Crippen molar-refractivity contribution in [3.8, 4) is 0 Å². The predicted molar refractivity (Wildman–Crippen MR) is 116 cm³/mol. The molecule has 1 N–H and O–H groups in total. The van der Waals surface area contributed by atoms with Crippen LogP contribution >= 0.6 is 11.3 Å².